The first-order chi connectivity index (χ1) is 18.6. The number of aromatic hydroxyl groups is 1. The van der Waals surface area contributed by atoms with E-state index >= 15 is 0 Å². The fourth-order valence-corrected chi connectivity index (χ4v) is 5.98. The SMILES string of the molecule is CCC1=C([C@H](O)CC/C(=C/c2ccc(O)c(F)c2)CC)[C@H](CO)[C@@H]2C(=O)N(CCCCCC(=O)O)C(=O)[C@@H]2C1. The quantitative estimate of drug-likeness (QED) is 0.154. The number of unbranched alkanes of at least 4 members (excludes halogenated alkanes) is 2. The molecule has 3 rings (SSSR count). The van der Waals surface area contributed by atoms with E-state index in [4.69, 9.17) is 5.11 Å². The van der Waals surface area contributed by atoms with E-state index in [0.29, 0.717) is 62.5 Å². The summed E-state index contributed by atoms with van der Waals surface area (Å²) in [5, 5.41) is 39.9. The lowest BCUT2D eigenvalue weighted by Gasteiger charge is -2.36. The van der Waals surface area contributed by atoms with Gasteiger partial charge in [0.05, 0.1) is 24.5 Å². The molecule has 8 nitrogen and oxygen atoms in total. The van der Waals surface area contributed by atoms with Crippen LogP contribution in [0.5, 0.6) is 5.75 Å². The topological polar surface area (TPSA) is 135 Å². The van der Waals surface area contributed by atoms with Crippen molar-refractivity contribution in [2.45, 2.75) is 77.7 Å². The van der Waals surface area contributed by atoms with Crippen LogP contribution in [-0.2, 0) is 14.4 Å². The molecular weight excluding hydrogens is 505 g/mol. The molecule has 0 unspecified atom stereocenters. The number of aliphatic carboxylic acids is 1. The van der Waals surface area contributed by atoms with Crippen molar-refractivity contribution >= 4 is 23.9 Å². The van der Waals surface area contributed by atoms with Gasteiger partial charge in [-0.1, -0.05) is 43.6 Å². The van der Waals surface area contributed by atoms with Gasteiger partial charge in [0.15, 0.2) is 11.6 Å². The molecule has 4 N–H and O–H groups in total. The molecule has 0 radical (unpaired) electrons. The summed E-state index contributed by atoms with van der Waals surface area (Å²) in [6.07, 6.45) is 5.07. The summed E-state index contributed by atoms with van der Waals surface area (Å²) in [6.45, 7) is 3.78. The Kier molecular flexibility index (Phi) is 10.8. The number of allylic oxidation sites excluding steroid dienone is 2. The van der Waals surface area contributed by atoms with E-state index in [2.05, 4.69) is 0 Å². The number of benzene rings is 1. The van der Waals surface area contributed by atoms with Crippen LogP contribution in [0.15, 0.2) is 34.9 Å². The minimum absolute atomic E-state index is 0.0471. The van der Waals surface area contributed by atoms with E-state index in [1.165, 1.54) is 17.0 Å². The number of likely N-dealkylation sites (tertiary alicyclic amines) is 1. The molecule has 0 saturated carbocycles. The summed E-state index contributed by atoms with van der Waals surface area (Å²) in [5.41, 5.74) is 3.14. The third kappa shape index (κ3) is 7.13. The fourth-order valence-electron chi connectivity index (χ4n) is 5.98. The van der Waals surface area contributed by atoms with Crippen molar-refractivity contribution in [3.63, 3.8) is 0 Å². The number of rotatable bonds is 14. The number of fused-ring (bicyclic) bond motifs is 1. The van der Waals surface area contributed by atoms with E-state index < -0.39 is 41.4 Å². The van der Waals surface area contributed by atoms with Gasteiger partial charge < -0.3 is 20.4 Å². The van der Waals surface area contributed by atoms with Crippen molar-refractivity contribution in [3.05, 3.63) is 46.3 Å². The van der Waals surface area contributed by atoms with Crippen LogP contribution in [0.2, 0.25) is 0 Å². The number of hydrogen-bond acceptors (Lipinski definition) is 6. The number of carbonyl (C=O) groups is 3. The highest BCUT2D eigenvalue weighted by Gasteiger charge is 2.54. The molecule has 2 amide bonds. The largest absolute Gasteiger partial charge is 0.505 e. The molecule has 1 aromatic carbocycles. The Bertz CT molecular complexity index is 1130. The van der Waals surface area contributed by atoms with Gasteiger partial charge in [-0.25, -0.2) is 4.39 Å². The Hall–Kier alpha value is -3.04. The average molecular weight is 546 g/mol. The number of carboxylic acids is 1. The fraction of sp³-hybridized carbons (Fsp3) is 0.567. The molecule has 0 bridgehead atoms. The third-order valence-corrected chi connectivity index (χ3v) is 8.07. The lowest BCUT2D eigenvalue weighted by Crippen LogP contribution is -2.39. The Morgan fingerprint density at radius 2 is 1.90 bits per heavy atom. The van der Waals surface area contributed by atoms with Crippen LogP contribution in [0.25, 0.3) is 6.08 Å². The Morgan fingerprint density at radius 3 is 2.51 bits per heavy atom. The summed E-state index contributed by atoms with van der Waals surface area (Å²) < 4.78 is 13.8. The second-order valence-corrected chi connectivity index (χ2v) is 10.5. The van der Waals surface area contributed by atoms with Gasteiger partial charge in [-0.05, 0) is 68.2 Å². The number of aliphatic hydroxyl groups is 2. The maximum Gasteiger partial charge on any atom is 0.303 e. The van der Waals surface area contributed by atoms with E-state index in [1.807, 2.05) is 19.9 Å². The zero-order valence-electron chi connectivity index (χ0n) is 22.7. The van der Waals surface area contributed by atoms with E-state index in [1.54, 1.807) is 6.07 Å². The first-order valence-electron chi connectivity index (χ1n) is 13.9. The van der Waals surface area contributed by atoms with Gasteiger partial charge in [0.1, 0.15) is 0 Å². The van der Waals surface area contributed by atoms with Crippen LogP contribution in [0, 0.1) is 23.6 Å². The van der Waals surface area contributed by atoms with Crippen molar-refractivity contribution in [1.29, 1.82) is 0 Å². The molecule has 4 atom stereocenters. The summed E-state index contributed by atoms with van der Waals surface area (Å²) in [5.74, 6) is -4.50. The highest BCUT2D eigenvalue weighted by Crippen LogP contribution is 2.47. The van der Waals surface area contributed by atoms with Crippen LogP contribution in [0.3, 0.4) is 0 Å². The number of nitrogens with zero attached hydrogens (tertiary/aromatic N) is 1. The molecule has 0 aromatic heterocycles. The molecule has 2 aliphatic rings. The Labute approximate surface area is 228 Å². The van der Waals surface area contributed by atoms with Crippen molar-refractivity contribution in [2.24, 2.45) is 17.8 Å². The predicted octanol–water partition coefficient (Wildman–Crippen LogP) is 4.43. The van der Waals surface area contributed by atoms with E-state index in [-0.39, 0.29) is 31.4 Å². The van der Waals surface area contributed by atoms with Crippen molar-refractivity contribution in [3.8, 4) is 5.75 Å². The number of hydrogen-bond donors (Lipinski definition) is 4. The zero-order chi connectivity index (χ0) is 28.7. The lowest BCUT2D eigenvalue weighted by atomic mass is 9.67. The summed E-state index contributed by atoms with van der Waals surface area (Å²) in [7, 11) is 0. The number of phenolic OH excluding ortho intramolecular Hbond substituents is 1. The minimum atomic E-state index is -0.905. The van der Waals surface area contributed by atoms with Crippen molar-refractivity contribution < 1.29 is 39.2 Å². The molecule has 1 aliphatic heterocycles. The van der Waals surface area contributed by atoms with Crippen LogP contribution >= 0.6 is 0 Å². The molecule has 1 heterocycles. The predicted molar refractivity (Wildman–Crippen MR) is 144 cm³/mol. The number of aliphatic hydroxyl groups excluding tert-OH is 2. The molecule has 1 aromatic rings. The second kappa shape index (κ2) is 13.8. The summed E-state index contributed by atoms with van der Waals surface area (Å²) >= 11 is 0. The standard InChI is InChI=1S/C30H40FNO7/c1-3-18(14-19-10-11-24(34)23(31)15-19)9-12-25(35)27-20(4-2)16-21-28(22(27)17-33)30(39)32(29(21)38)13-7-5-6-8-26(36)37/h10-11,14-15,21-22,25,28,33-35H,3-9,12-13,16-17H2,1-2H3,(H,36,37)/b18-14+/t21-,22+,25-,28-/m1/s1. The number of carbonyl (C=O) groups excluding carboxylic acids is 2. The van der Waals surface area contributed by atoms with Gasteiger partial charge in [0.2, 0.25) is 11.8 Å². The third-order valence-electron chi connectivity index (χ3n) is 8.07. The van der Waals surface area contributed by atoms with E-state index in [0.717, 1.165) is 11.1 Å². The number of carboxylic acid groups (broad SMARTS) is 1. The molecule has 9 heteroatoms. The van der Waals surface area contributed by atoms with Gasteiger partial charge in [-0.2, -0.15) is 0 Å². The highest BCUT2D eigenvalue weighted by atomic mass is 19.1. The molecule has 39 heavy (non-hydrogen) atoms. The molecule has 214 valence electrons. The van der Waals surface area contributed by atoms with Gasteiger partial charge in [-0.3, -0.25) is 19.3 Å². The zero-order valence-corrected chi connectivity index (χ0v) is 22.7. The molecule has 0 spiro atoms. The van der Waals surface area contributed by atoms with Crippen LogP contribution in [-0.4, -0.2) is 62.4 Å². The first-order valence-corrected chi connectivity index (χ1v) is 13.9. The Balaban J connectivity index is 1.73. The maximum atomic E-state index is 13.8. The molecule has 1 aliphatic carbocycles. The smallest absolute Gasteiger partial charge is 0.303 e. The highest BCUT2D eigenvalue weighted by molar-refractivity contribution is 6.05. The summed E-state index contributed by atoms with van der Waals surface area (Å²) in [4.78, 5) is 38.5. The minimum Gasteiger partial charge on any atom is -0.505 e. The monoisotopic (exact) mass is 545 g/mol. The lowest BCUT2D eigenvalue weighted by molar-refractivity contribution is -0.141. The van der Waals surface area contributed by atoms with Gasteiger partial charge in [-0.15, -0.1) is 0 Å². The Morgan fingerprint density at radius 1 is 1.15 bits per heavy atom. The van der Waals surface area contributed by atoms with Gasteiger partial charge in [0.25, 0.3) is 0 Å². The van der Waals surface area contributed by atoms with Crippen LogP contribution in [0.1, 0.15) is 77.2 Å². The number of amides is 2. The molecule has 1 fully saturated rings. The molecular formula is C30H40FNO7. The normalized spacial score (nSPS) is 22.4. The van der Waals surface area contributed by atoms with Gasteiger partial charge in [0, 0.05) is 18.9 Å². The summed E-state index contributed by atoms with van der Waals surface area (Å²) in [6, 6.07) is 4.17. The van der Waals surface area contributed by atoms with Gasteiger partial charge >= 0.3 is 5.97 Å². The van der Waals surface area contributed by atoms with Crippen LogP contribution in [0.4, 0.5) is 4.39 Å². The van der Waals surface area contributed by atoms with E-state index in [9.17, 15) is 34.1 Å². The first kappa shape index (κ1) is 30.5. The van der Waals surface area contributed by atoms with Crippen molar-refractivity contribution in [1.82, 2.24) is 4.90 Å². The number of imide groups is 1. The molecule has 1 saturated heterocycles. The van der Waals surface area contributed by atoms with Crippen molar-refractivity contribution in [2.75, 3.05) is 13.2 Å². The number of halogens is 1. The second-order valence-electron chi connectivity index (χ2n) is 10.5. The maximum absolute atomic E-state index is 13.8. The van der Waals surface area contributed by atoms with Crippen LogP contribution < -0.4 is 0 Å². The number of phenols is 1. The average Bonchev–Trinajstić information content (AvgIpc) is 3.15.